The highest BCUT2D eigenvalue weighted by Gasteiger charge is 2.34. The molecule has 4 bridgehead atoms. The maximum atomic E-state index is 14.9. The van der Waals surface area contributed by atoms with Gasteiger partial charge in [-0.1, -0.05) is 26.0 Å². The van der Waals surface area contributed by atoms with Crippen LogP contribution in [0.1, 0.15) is 60.8 Å². The lowest BCUT2D eigenvalue weighted by Gasteiger charge is -2.36. The van der Waals surface area contributed by atoms with E-state index in [1.165, 1.54) is 17.1 Å². The van der Waals surface area contributed by atoms with Crippen LogP contribution in [0, 0.1) is 0 Å². The lowest BCUT2D eigenvalue weighted by Crippen LogP contribution is -2.49. The van der Waals surface area contributed by atoms with Crippen LogP contribution in [0.25, 0.3) is 6.20 Å². The molecule has 8 heteroatoms. The molecule has 0 radical (unpaired) electrons. The van der Waals surface area contributed by atoms with E-state index in [4.69, 9.17) is 4.74 Å². The molecule has 3 aliphatic rings. The van der Waals surface area contributed by atoms with Gasteiger partial charge in [-0.2, -0.15) is 5.10 Å². The quantitative estimate of drug-likeness (QED) is 0.790. The van der Waals surface area contributed by atoms with E-state index in [0.29, 0.717) is 36.4 Å². The molecule has 5 rings (SSSR count). The molecule has 1 saturated carbocycles. The molecular weight excluding hydrogens is 385 g/mol. The van der Waals surface area contributed by atoms with Crippen LogP contribution < -0.4 is 15.4 Å². The molecule has 1 fully saturated rings. The lowest BCUT2D eigenvalue weighted by molar-refractivity contribution is 0.0670. The van der Waals surface area contributed by atoms with Gasteiger partial charge in [0.1, 0.15) is 6.10 Å². The number of amides is 1. The second-order valence-electron chi connectivity index (χ2n) is 7.80. The number of fused-ring (bicyclic) bond motifs is 4. The zero-order valence-electron chi connectivity index (χ0n) is 17.2. The topological polar surface area (TPSA) is 81.1 Å². The average Bonchev–Trinajstić information content (AvgIpc) is 3.08. The van der Waals surface area contributed by atoms with Gasteiger partial charge >= 0.3 is 0 Å². The van der Waals surface area contributed by atoms with Gasteiger partial charge < -0.3 is 15.4 Å². The number of rotatable bonds is 2. The Morgan fingerprint density at radius 2 is 2.17 bits per heavy atom. The number of carbonyl (C=O) groups excluding carboxylic acids is 1. The summed E-state index contributed by atoms with van der Waals surface area (Å²) in [7, 11) is 0. The first-order valence-corrected chi connectivity index (χ1v) is 10.3. The Morgan fingerprint density at radius 1 is 1.37 bits per heavy atom. The standard InChI is InChI=1S/C22H26FN5O2/c1-4-6-20-18-11-25-28(20)12-19(23)14(3)26-13(2)17-7-5-8-24-22(17)30-16-9-15(10-16)27-21(18)29/h5,7-8,11-13,15-16,26H,3-4,6,9-10H2,1-2H3,(H,27,29). The van der Waals surface area contributed by atoms with E-state index >= 15 is 0 Å². The lowest BCUT2D eigenvalue weighted by atomic mass is 9.89. The zero-order valence-corrected chi connectivity index (χ0v) is 17.2. The summed E-state index contributed by atoms with van der Waals surface area (Å²) in [6.07, 6.45) is 7.23. The highest BCUT2D eigenvalue weighted by atomic mass is 19.1. The summed E-state index contributed by atoms with van der Waals surface area (Å²) in [6.45, 7) is 7.74. The van der Waals surface area contributed by atoms with Crippen molar-refractivity contribution in [2.45, 2.75) is 57.7 Å². The van der Waals surface area contributed by atoms with Crippen LogP contribution in [0.15, 0.2) is 42.6 Å². The van der Waals surface area contributed by atoms with Gasteiger partial charge in [0, 0.05) is 30.6 Å². The number of halogens is 1. The Kier molecular flexibility index (Phi) is 5.57. The number of pyridine rings is 1. The van der Waals surface area contributed by atoms with E-state index in [2.05, 4.69) is 27.3 Å². The highest BCUT2D eigenvalue weighted by molar-refractivity contribution is 5.95. The number of aromatic nitrogens is 3. The Hall–Kier alpha value is -3.16. The number of nitrogens with zero attached hydrogens (tertiary/aromatic N) is 3. The fourth-order valence-electron chi connectivity index (χ4n) is 3.80. The second-order valence-corrected chi connectivity index (χ2v) is 7.80. The summed E-state index contributed by atoms with van der Waals surface area (Å²) >= 11 is 0. The van der Waals surface area contributed by atoms with Crippen LogP contribution in [0.5, 0.6) is 5.88 Å². The fourth-order valence-corrected chi connectivity index (χ4v) is 3.80. The van der Waals surface area contributed by atoms with Crippen LogP contribution in [0.3, 0.4) is 0 Å². The molecule has 4 heterocycles. The van der Waals surface area contributed by atoms with Crippen molar-refractivity contribution in [1.82, 2.24) is 25.4 Å². The van der Waals surface area contributed by atoms with Crippen LogP contribution in [-0.4, -0.2) is 32.8 Å². The minimum Gasteiger partial charge on any atom is -0.474 e. The third kappa shape index (κ3) is 3.94. The third-order valence-electron chi connectivity index (χ3n) is 5.52. The van der Waals surface area contributed by atoms with Crippen molar-refractivity contribution in [3.8, 4) is 5.88 Å². The number of nitrogens with one attached hydrogen (secondary N) is 2. The average molecular weight is 411 g/mol. The maximum Gasteiger partial charge on any atom is 0.254 e. The zero-order chi connectivity index (χ0) is 21.3. The molecule has 30 heavy (non-hydrogen) atoms. The van der Waals surface area contributed by atoms with Crippen molar-refractivity contribution >= 4 is 12.1 Å². The molecule has 2 aliphatic heterocycles. The summed E-state index contributed by atoms with van der Waals surface area (Å²) in [5.41, 5.74) is 2.09. The van der Waals surface area contributed by atoms with Crippen molar-refractivity contribution in [2.75, 3.05) is 0 Å². The van der Waals surface area contributed by atoms with Crippen LogP contribution >= 0.6 is 0 Å². The normalized spacial score (nSPS) is 24.0. The molecule has 158 valence electrons. The van der Waals surface area contributed by atoms with E-state index < -0.39 is 5.83 Å². The monoisotopic (exact) mass is 411 g/mol. The van der Waals surface area contributed by atoms with Gasteiger partial charge in [-0.05, 0) is 19.4 Å². The molecule has 2 N–H and O–H groups in total. The first-order valence-electron chi connectivity index (χ1n) is 10.3. The fraction of sp³-hybridized carbons (Fsp3) is 0.409. The van der Waals surface area contributed by atoms with E-state index in [1.807, 2.05) is 26.0 Å². The van der Waals surface area contributed by atoms with Crippen molar-refractivity contribution in [3.63, 3.8) is 0 Å². The van der Waals surface area contributed by atoms with E-state index in [9.17, 15) is 9.18 Å². The summed E-state index contributed by atoms with van der Waals surface area (Å²) in [5.74, 6) is -0.245. The molecule has 7 nitrogen and oxygen atoms in total. The van der Waals surface area contributed by atoms with E-state index in [1.54, 1.807) is 6.20 Å². The van der Waals surface area contributed by atoms with Crippen LogP contribution in [0.2, 0.25) is 0 Å². The smallest absolute Gasteiger partial charge is 0.254 e. The summed E-state index contributed by atoms with van der Waals surface area (Å²) in [4.78, 5) is 17.1. The molecule has 2 aromatic heterocycles. The molecular formula is C22H26FN5O2. The summed E-state index contributed by atoms with van der Waals surface area (Å²) in [5, 5.41) is 10.3. The number of carbonyl (C=O) groups is 1. The number of hydrogen-bond donors (Lipinski definition) is 2. The Morgan fingerprint density at radius 3 is 2.93 bits per heavy atom. The molecule has 1 atom stereocenters. The molecule has 0 spiro atoms. The van der Waals surface area contributed by atoms with Gasteiger partial charge in [-0.15, -0.1) is 0 Å². The molecule has 1 unspecified atom stereocenters. The number of hydrogen-bond acceptors (Lipinski definition) is 5. The Bertz CT molecular complexity index is 993. The van der Waals surface area contributed by atoms with Crippen molar-refractivity contribution in [3.05, 3.63) is 59.5 Å². The Labute approximate surface area is 175 Å². The van der Waals surface area contributed by atoms with Gasteiger partial charge in [0.25, 0.3) is 5.91 Å². The van der Waals surface area contributed by atoms with Gasteiger partial charge in [-0.3, -0.25) is 4.79 Å². The van der Waals surface area contributed by atoms with Crippen LogP contribution in [-0.2, 0) is 6.42 Å². The van der Waals surface area contributed by atoms with E-state index in [-0.39, 0.29) is 29.8 Å². The van der Waals surface area contributed by atoms with E-state index in [0.717, 1.165) is 12.0 Å². The first kappa shape index (κ1) is 20.1. The number of ether oxygens (including phenoxy) is 1. The predicted molar refractivity (Wildman–Crippen MR) is 111 cm³/mol. The molecule has 2 aromatic rings. The third-order valence-corrected chi connectivity index (χ3v) is 5.52. The summed E-state index contributed by atoms with van der Waals surface area (Å²) in [6, 6.07) is 3.49. The molecule has 1 aliphatic carbocycles. The van der Waals surface area contributed by atoms with Gasteiger partial charge in [0.15, 0.2) is 5.83 Å². The first-order chi connectivity index (χ1) is 14.5. The SMILES string of the molecule is C=C1NC(C)c2cccnc2OC2CC(C2)NC(=O)c2cnn(c2CCC)C=C1F. The van der Waals surface area contributed by atoms with Crippen molar-refractivity contribution < 1.29 is 13.9 Å². The highest BCUT2D eigenvalue weighted by Crippen LogP contribution is 2.31. The van der Waals surface area contributed by atoms with Gasteiger partial charge in [0.05, 0.1) is 35.4 Å². The van der Waals surface area contributed by atoms with Gasteiger partial charge in [0.2, 0.25) is 5.88 Å². The minimum atomic E-state index is -0.560. The van der Waals surface area contributed by atoms with Gasteiger partial charge in [-0.25, -0.2) is 14.1 Å². The minimum absolute atomic E-state index is 0.0262. The maximum absolute atomic E-state index is 14.9. The predicted octanol–water partition coefficient (Wildman–Crippen LogP) is 3.52. The van der Waals surface area contributed by atoms with Crippen molar-refractivity contribution in [1.29, 1.82) is 0 Å². The van der Waals surface area contributed by atoms with Crippen LogP contribution in [0.4, 0.5) is 4.39 Å². The summed E-state index contributed by atoms with van der Waals surface area (Å²) < 4.78 is 22.4. The Balaban J connectivity index is 1.71. The van der Waals surface area contributed by atoms with Crippen molar-refractivity contribution in [2.24, 2.45) is 0 Å². The molecule has 1 amide bonds. The molecule has 0 saturated heterocycles. The molecule has 0 aromatic carbocycles. The largest absolute Gasteiger partial charge is 0.474 e. The number of allylic oxidation sites excluding steroid dienone is 1. The second kappa shape index (κ2) is 8.30.